The number of halogens is 4. The third kappa shape index (κ3) is 4.36. The molecule has 10 rings (SSSR count). The summed E-state index contributed by atoms with van der Waals surface area (Å²) in [6, 6.07) is 18.9. The minimum Gasteiger partial charge on any atom is -0.256 e. The van der Waals surface area contributed by atoms with E-state index in [0.717, 1.165) is 30.5 Å². The van der Waals surface area contributed by atoms with Gasteiger partial charge in [0.05, 0.1) is 68.5 Å². The van der Waals surface area contributed by atoms with Crippen LogP contribution in [0.25, 0.3) is 22.5 Å². The van der Waals surface area contributed by atoms with E-state index >= 15 is 17.6 Å². The van der Waals surface area contributed by atoms with E-state index in [1.54, 1.807) is 36.5 Å². The summed E-state index contributed by atoms with van der Waals surface area (Å²) in [5.41, 5.74) is 1.15. The predicted molar refractivity (Wildman–Crippen MR) is 202 cm³/mol. The van der Waals surface area contributed by atoms with Crippen molar-refractivity contribution in [1.29, 1.82) is 10.5 Å². The molecule has 1 unspecified atom stereocenters. The van der Waals surface area contributed by atoms with Gasteiger partial charge in [0.15, 0.2) is 5.69 Å². The van der Waals surface area contributed by atoms with Gasteiger partial charge in [-0.1, -0.05) is 45.9 Å². The zero-order valence-electron chi connectivity index (χ0n) is 31.8. The van der Waals surface area contributed by atoms with Crippen LogP contribution in [0.5, 0.6) is 0 Å². The van der Waals surface area contributed by atoms with Crippen LogP contribution >= 0.6 is 0 Å². The zero-order valence-corrected chi connectivity index (χ0v) is 31.8. The average molecular weight is 776 g/mol. The Balaban J connectivity index is 1.13. The lowest BCUT2D eigenvalue weighted by Crippen LogP contribution is -2.38. The SMILES string of the molecule is CC1(C)[C@@H]2c3cc(-c4c(F)cccc4F)nnc3[C@@]1(c1cccc(C#N)n1)CC2c1ccc(F)c(-c2cc3c(nn2)[C@@]2(c4cnc(C#N)cn4)CC[C@@H]3C2(C)C)c1F. The van der Waals surface area contributed by atoms with Crippen LogP contribution in [0.3, 0.4) is 0 Å². The Bertz CT molecular complexity index is 2830. The van der Waals surface area contributed by atoms with Crippen LogP contribution in [0.2, 0.25) is 0 Å². The minimum atomic E-state index is -1.01. The standard InChI is InChI=1S/C45H33F4N9/c1-42(2)28-13-14-44(42,35-21-52-23(19-51)20-53-35)40-25(28)15-33(56-57-40)37-31(48)12-11-24(39(37)49)27-17-45(34-10-5-7-22(18-50)54-34)41-26(38(27)43(45,3)4)16-32(55-58-41)36-29(46)8-6-9-30(36)47/h5-12,15-16,20-21,27-28,38H,13-14,17H2,1-4H3/t27?,28-,38+,44-,45-/m0/s1. The number of aromatic nitrogens is 7. The molecule has 0 N–H and O–H groups in total. The third-order valence-electron chi connectivity index (χ3n) is 14.3. The number of benzene rings is 2. The number of pyridine rings is 1. The smallest absolute Gasteiger partial charge is 0.158 e. The monoisotopic (exact) mass is 775 g/mol. The molecule has 4 bridgehead atoms. The van der Waals surface area contributed by atoms with E-state index in [2.05, 4.69) is 45.2 Å². The number of rotatable bonds is 5. The first-order valence-corrected chi connectivity index (χ1v) is 19.1. The summed E-state index contributed by atoms with van der Waals surface area (Å²) >= 11 is 0. The molecule has 6 aromatic rings. The van der Waals surface area contributed by atoms with Gasteiger partial charge in [-0.3, -0.25) is 4.98 Å². The maximum Gasteiger partial charge on any atom is 0.158 e. The van der Waals surface area contributed by atoms with Crippen LogP contribution < -0.4 is 0 Å². The highest BCUT2D eigenvalue weighted by molar-refractivity contribution is 5.68. The summed E-state index contributed by atoms with van der Waals surface area (Å²) in [5.74, 6) is -4.27. The first-order valence-electron chi connectivity index (χ1n) is 19.1. The fourth-order valence-corrected chi connectivity index (χ4v) is 11.6. The largest absolute Gasteiger partial charge is 0.256 e. The number of fused-ring (bicyclic) bond motifs is 10. The summed E-state index contributed by atoms with van der Waals surface area (Å²) in [7, 11) is 0. The van der Waals surface area contributed by atoms with Crippen molar-refractivity contribution in [3.8, 4) is 34.7 Å². The van der Waals surface area contributed by atoms with Gasteiger partial charge in [0.25, 0.3) is 0 Å². The van der Waals surface area contributed by atoms with Crippen molar-refractivity contribution in [3.63, 3.8) is 0 Å². The molecule has 4 heterocycles. The van der Waals surface area contributed by atoms with E-state index in [0.29, 0.717) is 28.3 Å². The van der Waals surface area contributed by atoms with Crippen molar-refractivity contribution in [1.82, 2.24) is 35.3 Å². The van der Waals surface area contributed by atoms with Crippen molar-refractivity contribution in [2.75, 3.05) is 0 Å². The molecule has 4 aromatic heterocycles. The summed E-state index contributed by atoms with van der Waals surface area (Å²) in [6.07, 6.45) is 4.87. The Morgan fingerprint density at radius 1 is 0.638 bits per heavy atom. The Morgan fingerprint density at radius 3 is 1.98 bits per heavy atom. The quantitative estimate of drug-likeness (QED) is 0.157. The van der Waals surface area contributed by atoms with Gasteiger partial charge in [0, 0.05) is 0 Å². The maximum atomic E-state index is 17.5. The molecule has 9 nitrogen and oxygen atoms in total. The summed E-state index contributed by atoms with van der Waals surface area (Å²) in [6.45, 7) is 8.30. The summed E-state index contributed by atoms with van der Waals surface area (Å²) in [4.78, 5) is 13.7. The van der Waals surface area contributed by atoms with E-state index in [1.807, 2.05) is 19.9 Å². The summed E-state index contributed by atoms with van der Waals surface area (Å²) < 4.78 is 63.9. The molecule has 2 aromatic carbocycles. The van der Waals surface area contributed by atoms with Crippen molar-refractivity contribution < 1.29 is 17.6 Å². The van der Waals surface area contributed by atoms with E-state index in [1.165, 1.54) is 24.4 Å². The molecular formula is C45H33F4N9. The van der Waals surface area contributed by atoms with E-state index in [-0.39, 0.29) is 57.2 Å². The molecule has 286 valence electrons. The molecule has 4 aliphatic carbocycles. The molecule has 4 aliphatic rings. The van der Waals surface area contributed by atoms with Crippen LogP contribution in [0, 0.1) is 56.8 Å². The van der Waals surface area contributed by atoms with E-state index in [4.69, 9.17) is 10.1 Å². The fraction of sp³-hybridized carbons (Fsp3) is 0.311. The Labute approximate surface area is 330 Å². The van der Waals surface area contributed by atoms with Gasteiger partial charge in [0.1, 0.15) is 41.1 Å². The van der Waals surface area contributed by atoms with E-state index < -0.39 is 51.3 Å². The van der Waals surface area contributed by atoms with Gasteiger partial charge in [0.2, 0.25) is 0 Å². The van der Waals surface area contributed by atoms with Crippen LogP contribution in [0.4, 0.5) is 17.6 Å². The molecule has 0 spiro atoms. The van der Waals surface area contributed by atoms with Gasteiger partial charge < -0.3 is 0 Å². The highest BCUT2D eigenvalue weighted by Gasteiger charge is 2.69. The van der Waals surface area contributed by atoms with Crippen LogP contribution in [0.1, 0.15) is 116 Å². The minimum absolute atomic E-state index is 0.00232. The highest BCUT2D eigenvalue weighted by Crippen LogP contribution is 2.74. The van der Waals surface area contributed by atoms with Crippen molar-refractivity contribution >= 4 is 0 Å². The number of nitrogens with zero attached hydrogens (tertiary/aromatic N) is 9. The maximum absolute atomic E-state index is 17.5. The van der Waals surface area contributed by atoms with Crippen molar-refractivity contribution in [3.05, 3.63) is 147 Å². The lowest BCUT2D eigenvalue weighted by Gasteiger charge is -2.37. The van der Waals surface area contributed by atoms with E-state index in [9.17, 15) is 10.5 Å². The van der Waals surface area contributed by atoms with Crippen LogP contribution in [0.15, 0.2) is 73.1 Å². The molecule has 2 fully saturated rings. The third-order valence-corrected chi connectivity index (χ3v) is 14.3. The molecule has 0 aliphatic heterocycles. The van der Waals surface area contributed by atoms with Crippen molar-refractivity contribution in [2.45, 2.75) is 75.5 Å². The molecule has 0 amide bonds. The van der Waals surface area contributed by atoms with Crippen LogP contribution in [-0.2, 0) is 10.8 Å². The van der Waals surface area contributed by atoms with Crippen LogP contribution in [-0.4, -0.2) is 35.3 Å². The molecule has 0 radical (unpaired) electrons. The topological polar surface area (TPSA) is 138 Å². The normalized spacial score (nSPS) is 25.2. The second-order valence-corrected chi connectivity index (χ2v) is 17.0. The first-order chi connectivity index (χ1) is 27.8. The highest BCUT2D eigenvalue weighted by atomic mass is 19.1. The average Bonchev–Trinajstić information content (AvgIpc) is 3.78. The van der Waals surface area contributed by atoms with Gasteiger partial charge in [-0.25, -0.2) is 27.5 Å². The van der Waals surface area contributed by atoms with Gasteiger partial charge in [-0.15, -0.1) is 10.2 Å². The molecule has 13 heteroatoms. The molecule has 58 heavy (non-hydrogen) atoms. The van der Waals surface area contributed by atoms with Crippen molar-refractivity contribution in [2.24, 2.45) is 10.8 Å². The Kier molecular flexibility index (Phi) is 7.45. The Morgan fingerprint density at radius 2 is 1.29 bits per heavy atom. The fourth-order valence-electron chi connectivity index (χ4n) is 11.6. The number of hydrogen-bond acceptors (Lipinski definition) is 9. The second-order valence-electron chi connectivity index (χ2n) is 17.0. The Hall–Kier alpha value is -6.47. The lowest BCUT2D eigenvalue weighted by molar-refractivity contribution is 0.241. The number of nitriles is 2. The first kappa shape index (κ1) is 35.9. The number of hydrogen-bond donors (Lipinski definition) is 0. The van der Waals surface area contributed by atoms with Gasteiger partial charge in [-0.05, 0) is 107 Å². The lowest BCUT2D eigenvalue weighted by atomic mass is 9.66. The molecule has 2 saturated carbocycles. The van der Waals surface area contributed by atoms with Gasteiger partial charge >= 0.3 is 0 Å². The predicted octanol–water partition coefficient (Wildman–Crippen LogP) is 8.89. The molecular weight excluding hydrogens is 743 g/mol. The zero-order chi connectivity index (χ0) is 40.5. The molecule has 5 atom stereocenters. The second kappa shape index (κ2) is 12.0. The molecule has 0 saturated heterocycles. The summed E-state index contributed by atoms with van der Waals surface area (Å²) in [5, 5.41) is 37.3. The van der Waals surface area contributed by atoms with Gasteiger partial charge in [-0.2, -0.15) is 20.7 Å².